The van der Waals surface area contributed by atoms with Crippen LogP contribution >= 0.6 is 0 Å². The number of fused-ring (bicyclic) bond motifs is 6. The van der Waals surface area contributed by atoms with E-state index in [4.69, 9.17) is 0 Å². The van der Waals surface area contributed by atoms with Crippen LogP contribution < -0.4 is 0 Å². The third-order valence-corrected chi connectivity index (χ3v) is 11.5. The van der Waals surface area contributed by atoms with Gasteiger partial charge in [-0.15, -0.1) is 0 Å². The van der Waals surface area contributed by atoms with Gasteiger partial charge in [0.05, 0.1) is 11.0 Å². The summed E-state index contributed by atoms with van der Waals surface area (Å²) >= 11 is 0. The third-order valence-electron chi connectivity index (χ3n) is 11.5. The Morgan fingerprint density at radius 2 is 1.04 bits per heavy atom. The maximum Gasteiger partial charge on any atom is 0.0541 e. The van der Waals surface area contributed by atoms with Crippen molar-refractivity contribution in [2.24, 2.45) is 0 Å². The van der Waals surface area contributed by atoms with Crippen molar-refractivity contribution >= 4 is 21.8 Å². The molecule has 1 nitrogen and oxygen atoms in total. The Hall–Kier alpha value is -6.44. The van der Waals surface area contributed by atoms with Crippen molar-refractivity contribution in [1.29, 1.82) is 0 Å². The Balaban J connectivity index is 1.03. The largest absolute Gasteiger partial charge is 0.309 e. The number of para-hydroxylation sites is 1. The van der Waals surface area contributed by atoms with Crippen LogP contribution in [0.2, 0.25) is 0 Å². The van der Waals surface area contributed by atoms with Crippen LogP contribution in [0.25, 0.3) is 72.0 Å². The number of nitrogens with zero attached hydrogens (tertiary/aromatic N) is 1. The van der Waals surface area contributed by atoms with E-state index in [1.165, 1.54) is 88.7 Å². The number of aromatic nitrogens is 1. The molecule has 0 amide bonds. The van der Waals surface area contributed by atoms with Crippen molar-refractivity contribution in [3.63, 3.8) is 0 Å². The van der Waals surface area contributed by atoms with Gasteiger partial charge in [-0.25, -0.2) is 0 Å². The summed E-state index contributed by atoms with van der Waals surface area (Å²) in [6.07, 6.45) is 1.03. The Bertz CT molecular complexity index is 2770. The van der Waals surface area contributed by atoms with Gasteiger partial charge >= 0.3 is 0 Å². The Labute approximate surface area is 311 Å². The lowest BCUT2D eigenvalue weighted by Gasteiger charge is -2.33. The average Bonchev–Trinajstić information content (AvgIpc) is 3.57. The maximum atomic E-state index is 2.44. The Kier molecular flexibility index (Phi) is 7.65. The molecule has 1 heterocycles. The van der Waals surface area contributed by atoms with Crippen LogP contribution in [0.15, 0.2) is 194 Å². The molecule has 2 atom stereocenters. The van der Waals surface area contributed by atoms with Crippen molar-refractivity contribution in [2.75, 3.05) is 0 Å². The summed E-state index contributed by atoms with van der Waals surface area (Å²) in [6, 6.07) is 71.6. The minimum Gasteiger partial charge on any atom is -0.309 e. The fourth-order valence-electron chi connectivity index (χ4n) is 8.79. The van der Waals surface area contributed by atoms with E-state index in [1.807, 2.05) is 0 Å². The van der Waals surface area contributed by atoms with Crippen LogP contribution in [0, 0.1) is 0 Å². The number of hydrogen-bond donors (Lipinski definition) is 0. The molecule has 252 valence electrons. The predicted octanol–water partition coefficient (Wildman–Crippen LogP) is 13.9. The highest BCUT2D eigenvalue weighted by Crippen LogP contribution is 2.47. The van der Waals surface area contributed by atoms with Gasteiger partial charge in [0.25, 0.3) is 0 Å². The maximum absolute atomic E-state index is 2.44. The monoisotopic (exact) mass is 677 g/mol. The van der Waals surface area contributed by atoms with E-state index in [0.29, 0.717) is 11.8 Å². The zero-order valence-corrected chi connectivity index (χ0v) is 29.8. The van der Waals surface area contributed by atoms with Crippen LogP contribution in [-0.2, 0) is 6.42 Å². The highest BCUT2D eigenvalue weighted by atomic mass is 15.0. The van der Waals surface area contributed by atoms with Crippen LogP contribution in [0.5, 0.6) is 0 Å². The molecule has 1 heteroatoms. The van der Waals surface area contributed by atoms with Crippen molar-refractivity contribution in [2.45, 2.75) is 25.2 Å². The normalized spacial score (nSPS) is 14.2. The number of benzene rings is 8. The zero-order chi connectivity index (χ0) is 35.3. The zero-order valence-electron chi connectivity index (χ0n) is 29.8. The van der Waals surface area contributed by atoms with E-state index in [1.54, 1.807) is 0 Å². The quantitative estimate of drug-likeness (QED) is 0.165. The first kappa shape index (κ1) is 31.3. The minimum atomic E-state index is 0.376. The summed E-state index contributed by atoms with van der Waals surface area (Å²) in [5, 5.41) is 2.54. The fraction of sp³-hybridized carbons (Fsp3) is 0.0769. The summed E-state index contributed by atoms with van der Waals surface area (Å²) in [5.74, 6) is 0.777. The second-order valence-corrected chi connectivity index (χ2v) is 14.6. The second kappa shape index (κ2) is 13.0. The van der Waals surface area contributed by atoms with Gasteiger partial charge in [-0.3, -0.25) is 0 Å². The lowest BCUT2D eigenvalue weighted by molar-refractivity contribution is 0.568. The van der Waals surface area contributed by atoms with Gasteiger partial charge in [0, 0.05) is 16.5 Å². The first-order valence-corrected chi connectivity index (χ1v) is 18.8. The highest BCUT2D eigenvalue weighted by molar-refractivity contribution is 6.10. The summed E-state index contributed by atoms with van der Waals surface area (Å²) in [6.45, 7) is 2.41. The standard InChI is InChI=1S/C52H39N/c1-35(38-18-12-19-39(30-38)36-14-4-2-5-15-36)48-34-43-27-26-41(32-49(43)46-23-9-8-22-45(46)48)42-28-29-52-50(33-42)47-24-10-11-25-51(47)53(52)44-21-13-20-40(31-44)37-16-6-3-7-17-37/h2-33,35,48H,34H2,1H3. The van der Waals surface area contributed by atoms with E-state index < -0.39 is 0 Å². The molecule has 0 saturated carbocycles. The van der Waals surface area contributed by atoms with Gasteiger partial charge in [-0.05, 0) is 116 Å². The van der Waals surface area contributed by atoms with Gasteiger partial charge < -0.3 is 4.57 Å². The molecule has 1 aliphatic rings. The molecule has 1 aliphatic carbocycles. The second-order valence-electron chi connectivity index (χ2n) is 14.6. The van der Waals surface area contributed by atoms with E-state index in [0.717, 1.165) is 6.42 Å². The van der Waals surface area contributed by atoms with Crippen LogP contribution in [-0.4, -0.2) is 4.57 Å². The molecule has 9 aromatic rings. The molecule has 0 aliphatic heterocycles. The summed E-state index contributed by atoms with van der Waals surface area (Å²) in [5.41, 5.74) is 18.1. The van der Waals surface area contributed by atoms with Crippen LogP contribution in [0.4, 0.5) is 0 Å². The first-order chi connectivity index (χ1) is 26.2. The molecule has 10 rings (SSSR count). The molecule has 0 bridgehead atoms. The Morgan fingerprint density at radius 1 is 0.434 bits per heavy atom. The van der Waals surface area contributed by atoms with Crippen molar-refractivity contribution < 1.29 is 0 Å². The van der Waals surface area contributed by atoms with Gasteiger partial charge in [0.1, 0.15) is 0 Å². The SMILES string of the molecule is CC(c1cccc(-c2ccccc2)c1)C1Cc2ccc(-c3ccc4c(c3)c3ccccc3n4-c3cccc(-c4ccccc4)c3)cc2-c2ccccc21. The smallest absolute Gasteiger partial charge is 0.0541 e. The highest BCUT2D eigenvalue weighted by Gasteiger charge is 2.30. The molecular weight excluding hydrogens is 639 g/mol. The van der Waals surface area contributed by atoms with Gasteiger partial charge in [0.2, 0.25) is 0 Å². The molecule has 2 unspecified atom stereocenters. The molecule has 0 radical (unpaired) electrons. The number of hydrogen-bond acceptors (Lipinski definition) is 0. The lowest BCUT2D eigenvalue weighted by Crippen LogP contribution is -2.17. The van der Waals surface area contributed by atoms with Crippen molar-refractivity contribution in [3.05, 3.63) is 211 Å². The van der Waals surface area contributed by atoms with E-state index in [9.17, 15) is 0 Å². The topological polar surface area (TPSA) is 4.93 Å². The number of rotatable bonds is 6. The predicted molar refractivity (Wildman–Crippen MR) is 224 cm³/mol. The third kappa shape index (κ3) is 5.48. The van der Waals surface area contributed by atoms with Gasteiger partial charge in [0.15, 0.2) is 0 Å². The first-order valence-electron chi connectivity index (χ1n) is 18.8. The van der Waals surface area contributed by atoms with E-state index in [-0.39, 0.29) is 0 Å². The molecule has 0 N–H and O–H groups in total. The fourth-order valence-corrected chi connectivity index (χ4v) is 8.79. The molecule has 1 aromatic heterocycles. The molecule has 0 saturated heterocycles. The van der Waals surface area contributed by atoms with Crippen LogP contribution in [0.3, 0.4) is 0 Å². The molecule has 0 fully saturated rings. The van der Waals surface area contributed by atoms with Gasteiger partial charge in [-0.1, -0.05) is 165 Å². The summed E-state index contributed by atoms with van der Waals surface area (Å²) < 4.78 is 2.42. The van der Waals surface area contributed by atoms with Crippen LogP contribution in [0.1, 0.15) is 35.4 Å². The lowest BCUT2D eigenvalue weighted by atomic mass is 9.71. The Morgan fingerprint density at radius 3 is 1.85 bits per heavy atom. The minimum absolute atomic E-state index is 0.376. The van der Waals surface area contributed by atoms with Gasteiger partial charge in [-0.2, -0.15) is 0 Å². The molecule has 53 heavy (non-hydrogen) atoms. The van der Waals surface area contributed by atoms with E-state index in [2.05, 4.69) is 206 Å². The summed E-state index contributed by atoms with van der Waals surface area (Å²) in [7, 11) is 0. The average molecular weight is 678 g/mol. The van der Waals surface area contributed by atoms with Crippen molar-refractivity contribution in [3.8, 4) is 50.2 Å². The molecular formula is C52H39N. The van der Waals surface area contributed by atoms with Crippen molar-refractivity contribution in [1.82, 2.24) is 4.57 Å². The summed E-state index contributed by atoms with van der Waals surface area (Å²) in [4.78, 5) is 0. The molecule has 8 aromatic carbocycles. The molecule has 0 spiro atoms. The van der Waals surface area contributed by atoms with E-state index >= 15 is 0 Å².